The smallest absolute Gasteiger partial charge is 0.258 e. The van der Waals surface area contributed by atoms with Crippen molar-refractivity contribution in [3.8, 4) is 0 Å². The summed E-state index contributed by atoms with van der Waals surface area (Å²) in [6, 6.07) is 5.96. The first-order valence-electron chi connectivity index (χ1n) is 7.67. The fourth-order valence-corrected chi connectivity index (χ4v) is 2.43. The van der Waals surface area contributed by atoms with E-state index in [9.17, 15) is 4.79 Å². The highest BCUT2D eigenvalue weighted by Gasteiger charge is 2.15. The number of ether oxygens (including phenoxy) is 1. The van der Waals surface area contributed by atoms with Gasteiger partial charge in [0.05, 0.1) is 18.8 Å². The van der Waals surface area contributed by atoms with Crippen molar-refractivity contribution in [3.05, 3.63) is 47.3 Å². The predicted octanol–water partition coefficient (Wildman–Crippen LogP) is 2.18. The normalized spacial score (nSPS) is 14.6. The van der Waals surface area contributed by atoms with Crippen molar-refractivity contribution in [3.63, 3.8) is 0 Å². The summed E-state index contributed by atoms with van der Waals surface area (Å²) in [6.45, 7) is 6.86. The van der Waals surface area contributed by atoms with E-state index < -0.39 is 0 Å². The first-order valence-corrected chi connectivity index (χ1v) is 7.67. The molecule has 1 N–H and O–H groups in total. The second-order valence-corrected chi connectivity index (χ2v) is 5.64. The Bertz CT molecular complexity index is 694. The Hall–Kier alpha value is -2.47. The van der Waals surface area contributed by atoms with E-state index in [1.807, 2.05) is 32.0 Å². The van der Waals surface area contributed by atoms with E-state index in [0.29, 0.717) is 24.7 Å². The van der Waals surface area contributed by atoms with Gasteiger partial charge in [0.15, 0.2) is 0 Å². The van der Waals surface area contributed by atoms with Gasteiger partial charge < -0.3 is 15.0 Å². The molecule has 1 amide bonds. The Balaban J connectivity index is 1.71. The van der Waals surface area contributed by atoms with Crippen molar-refractivity contribution in [1.82, 2.24) is 9.97 Å². The van der Waals surface area contributed by atoms with Crippen LogP contribution in [-0.4, -0.2) is 42.2 Å². The minimum atomic E-state index is -0.202. The third-order valence-electron chi connectivity index (χ3n) is 3.84. The maximum atomic E-state index is 12.3. The molecule has 1 fully saturated rings. The van der Waals surface area contributed by atoms with E-state index in [-0.39, 0.29) is 5.91 Å². The van der Waals surface area contributed by atoms with Crippen molar-refractivity contribution >= 4 is 17.5 Å². The molecule has 0 bridgehead atoms. The van der Waals surface area contributed by atoms with Gasteiger partial charge in [-0.15, -0.1) is 0 Å². The van der Waals surface area contributed by atoms with Crippen molar-refractivity contribution in [2.45, 2.75) is 13.8 Å². The zero-order valence-corrected chi connectivity index (χ0v) is 13.4. The van der Waals surface area contributed by atoms with Gasteiger partial charge in [0, 0.05) is 31.2 Å². The number of aryl methyl sites for hydroxylation is 2. The lowest BCUT2D eigenvalue weighted by molar-refractivity contribution is 0.102. The lowest BCUT2D eigenvalue weighted by Gasteiger charge is -2.26. The monoisotopic (exact) mass is 312 g/mol. The van der Waals surface area contributed by atoms with E-state index in [2.05, 4.69) is 20.2 Å². The van der Waals surface area contributed by atoms with Crippen molar-refractivity contribution in [2.75, 3.05) is 36.5 Å². The summed E-state index contributed by atoms with van der Waals surface area (Å²) in [5.41, 5.74) is 3.38. The quantitative estimate of drug-likeness (QED) is 0.941. The maximum absolute atomic E-state index is 12.3. The standard InChI is InChI=1S/C17H20N4O2/c1-12-3-4-13(2)15(9-12)20-16(22)14-10-18-17(19-11-14)21-5-7-23-8-6-21/h3-4,9-11H,5-8H2,1-2H3,(H,20,22). The summed E-state index contributed by atoms with van der Waals surface area (Å²) in [6.07, 6.45) is 3.14. The molecular weight excluding hydrogens is 292 g/mol. The van der Waals surface area contributed by atoms with Crippen LogP contribution in [0.5, 0.6) is 0 Å². The third kappa shape index (κ3) is 3.65. The minimum absolute atomic E-state index is 0.202. The Morgan fingerprint density at radius 3 is 2.57 bits per heavy atom. The molecule has 3 rings (SSSR count). The number of aromatic nitrogens is 2. The highest BCUT2D eigenvalue weighted by molar-refractivity contribution is 6.04. The summed E-state index contributed by atoms with van der Waals surface area (Å²) < 4.78 is 5.31. The molecule has 2 aromatic rings. The van der Waals surface area contributed by atoms with Crippen LogP contribution in [0.15, 0.2) is 30.6 Å². The molecule has 1 saturated heterocycles. The number of rotatable bonds is 3. The fourth-order valence-electron chi connectivity index (χ4n) is 2.43. The van der Waals surface area contributed by atoms with E-state index in [4.69, 9.17) is 4.74 Å². The predicted molar refractivity (Wildman–Crippen MR) is 88.9 cm³/mol. The molecule has 0 atom stereocenters. The average molecular weight is 312 g/mol. The number of amides is 1. The van der Waals surface area contributed by atoms with Crippen LogP contribution in [0.25, 0.3) is 0 Å². The molecule has 0 spiro atoms. The largest absolute Gasteiger partial charge is 0.378 e. The summed E-state index contributed by atoms with van der Waals surface area (Å²) in [5.74, 6) is 0.434. The van der Waals surface area contributed by atoms with Gasteiger partial charge in [0.25, 0.3) is 5.91 Å². The second kappa shape index (κ2) is 6.75. The summed E-state index contributed by atoms with van der Waals surface area (Å²) in [4.78, 5) is 23.0. The van der Waals surface area contributed by atoms with Gasteiger partial charge in [-0.3, -0.25) is 4.79 Å². The van der Waals surface area contributed by atoms with Crippen LogP contribution >= 0.6 is 0 Å². The Labute approximate surface area is 135 Å². The zero-order chi connectivity index (χ0) is 16.2. The number of anilines is 2. The SMILES string of the molecule is Cc1ccc(C)c(NC(=O)c2cnc(N3CCOCC3)nc2)c1. The number of hydrogen-bond acceptors (Lipinski definition) is 5. The summed E-state index contributed by atoms with van der Waals surface area (Å²) >= 11 is 0. The molecule has 6 nitrogen and oxygen atoms in total. The fraction of sp³-hybridized carbons (Fsp3) is 0.353. The molecule has 120 valence electrons. The minimum Gasteiger partial charge on any atom is -0.378 e. The highest BCUT2D eigenvalue weighted by Crippen LogP contribution is 2.17. The van der Waals surface area contributed by atoms with Gasteiger partial charge in [-0.05, 0) is 31.0 Å². The van der Waals surface area contributed by atoms with E-state index in [1.165, 1.54) is 0 Å². The molecule has 0 radical (unpaired) electrons. The van der Waals surface area contributed by atoms with Crippen LogP contribution in [0.2, 0.25) is 0 Å². The average Bonchev–Trinajstić information content (AvgIpc) is 2.59. The Kier molecular flexibility index (Phi) is 4.52. The third-order valence-corrected chi connectivity index (χ3v) is 3.84. The van der Waals surface area contributed by atoms with Gasteiger partial charge in [0.2, 0.25) is 5.95 Å². The van der Waals surface area contributed by atoms with Gasteiger partial charge >= 0.3 is 0 Å². The number of nitrogens with zero attached hydrogens (tertiary/aromatic N) is 3. The van der Waals surface area contributed by atoms with Crippen LogP contribution in [0.1, 0.15) is 21.5 Å². The number of benzene rings is 1. The van der Waals surface area contributed by atoms with E-state index in [1.54, 1.807) is 12.4 Å². The lowest BCUT2D eigenvalue weighted by atomic mass is 10.1. The second-order valence-electron chi connectivity index (χ2n) is 5.64. The summed E-state index contributed by atoms with van der Waals surface area (Å²) in [5, 5.41) is 2.91. The van der Waals surface area contributed by atoms with E-state index >= 15 is 0 Å². The Morgan fingerprint density at radius 1 is 1.17 bits per heavy atom. The van der Waals surface area contributed by atoms with Crippen LogP contribution in [-0.2, 0) is 4.74 Å². The number of carbonyl (C=O) groups is 1. The summed E-state index contributed by atoms with van der Waals surface area (Å²) in [7, 11) is 0. The molecular formula is C17H20N4O2. The number of nitrogens with one attached hydrogen (secondary N) is 1. The van der Waals surface area contributed by atoms with Crippen LogP contribution in [0.3, 0.4) is 0 Å². The highest BCUT2D eigenvalue weighted by atomic mass is 16.5. The molecule has 1 aromatic carbocycles. The zero-order valence-electron chi connectivity index (χ0n) is 13.4. The van der Waals surface area contributed by atoms with E-state index in [0.717, 1.165) is 29.9 Å². The van der Waals surface area contributed by atoms with Crippen molar-refractivity contribution < 1.29 is 9.53 Å². The Morgan fingerprint density at radius 2 is 1.87 bits per heavy atom. The van der Waals surface area contributed by atoms with Crippen molar-refractivity contribution in [1.29, 1.82) is 0 Å². The number of carbonyl (C=O) groups excluding carboxylic acids is 1. The molecule has 0 saturated carbocycles. The lowest BCUT2D eigenvalue weighted by Crippen LogP contribution is -2.37. The molecule has 6 heteroatoms. The molecule has 0 unspecified atom stereocenters. The van der Waals surface area contributed by atoms with Crippen LogP contribution in [0, 0.1) is 13.8 Å². The molecule has 2 heterocycles. The van der Waals surface area contributed by atoms with Crippen molar-refractivity contribution in [2.24, 2.45) is 0 Å². The molecule has 1 aliphatic rings. The van der Waals surface area contributed by atoms with Gasteiger partial charge in [-0.1, -0.05) is 12.1 Å². The number of hydrogen-bond donors (Lipinski definition) is 1. The molecule has 1 aromatic heterocycles. The van der Waals surface area contributed by atoms with Crippen LogP contribution < -0.4 is 10.2 Å². The topological polar surface area (TPSA) is 67.4 Å². The molecule has 0 aliphatic carbocycles. The van der Waals surface area contributed by atoms with Crippen LogP contribution in [0.4, 0.5) is 11.6 Å². The molecule has 23 heavy (non-hydrogen) atoms. The van der Waals surface area contributed by atoms with Gasteiger partial charge in [0.1, 0.15) is 0 Å². The first kappa shape index (κ1) is 15.4. The van der Waals surface area contributed by atoms with Gasteiger partial charge in [-0.25, -0.2) is 9.97 Å². The molecule has 1 aliphatic heterocycles. The number of morpholine rings is 1. The first-order chi connectivity index (χ1) is 11.1. The van der Waals surface area contributed by atoms with Gasteiger partial charge in [-0.2, -0.15) is 0 Å². The maximum Gasteiger partial charge on any atom is 0.258 e.